The standard InChI is InChI=1S/C18H17FN2OS/c1-21(2)14-7-4-12(5-8-14)18-20-16(11-23-18)13-6-9-17(22-3)15(19)10-13/h4-11H,1-3H3. The van der Waals surface area contributed by atoms with Gasteiger partial charge in [0.15, 0.2) is 11.6 Å². The number of hydrogen-bond donors (Lipinski definition) is 0. The van der Waals surface area contributed by atoms with E-state index in [1.165, 1.54) is 13.2 Å². The lowest BCUT2D eigenvalue weighted by molar-refractivity contribution is 0.386. The average Bonchev–Trinajstić information content (AvgIpc) is 3.05. The summed E-state index contributed by atoms with van der Waals surface area (Å²) in [4.78, 5) is 6.67. The minimum Gasteiger partial charge on any atom is -0.494 e. The highest BCUT2D eigenvalue weighted by Crippen LogP contribution is 2.31. The molecule has 0 spiro atoms. The summed E-state index contributed by atoms with van der Waals surface area (Å²) in [6.45, 7) is 0. The summed E-state index contributed by atoms with van der Waals surface area (Å²) in [6.07, 6.45) is 0. The van der Waals surface area contributed by atoms with Crippen LogP contribution in [0.25, 0.3) is 21.8 Å². The van der Waals surface area contributed by atoms with Crippen LogP contribution in [-0.2, 0) is 0 Å². The number of benzene rings is 2. The van der Waals surface area contributed by atoms with Gasteiger partial charge in [0.05, 0.1) is 12.8 Å². The zero-order valence-corrected chi connectivity index (χ0v) is 14.0. The third-order valence-corrected chi connectivity index (χ3v) is 4.47. The van der Waals surface area contributed by atoms with Gasteiger partial charge in [0.2, 0.25) is 0 Å². The number of ether oxygens (including phenoxy) is 1. The van der Waals surface area contributed by atoms with Gasteiger partial charge in [0.1, 0.15) is 5.01 Å². The van der Waals surface area contributed by atoms with Crippen LogP contribution in [0.4, 0.5) is 10.1 Å². The van der Waals surface area contributed by atoms with E-state index in [0.717, 1.165) is 27.5 Å². The van der Waals surface area contributed by atoms with Crippen molar-refractivity contribution in [2.45, 2.75) is 0 Å². The first-order valence-electron chi connectivity index (χ1n) is 7.15. The molecule has 0 aliphatic heterocycles. The molecule has 0 radical (unpaired) electrons. The Morgan fingerprint density at radius 1 is 1.04 bits per heavy atom. The number of methoxy groups -OCH3 is 1. The minimum atomic E-state index is -0.380. The highest BCUT2D eigenvalue weighted by molar-refractivity contribution is 7.13. The maximum absolute atomic E-state index is 13.8. The van der Waals surface area contributed by atoms with Gasteiger partial charge in [0.25, 0.3) is 0 Å². The van der Waals surface area contributed by atoms with Gasteiger partial charge >= 0.3 is 0 Å². The van der Waals surface area contributed by atoms with E-state index in [2.05, 4.69) is 22.0 Å². The van der Waals surface area contributed by atoms with Crippen LogP contribution in [0.3, 0.4) is 0 Å². The van der Waals surface area contributed by atoms with Crippen LogP contribution in [0.1, 0.15) is 0 Å². The molecular formula is C18H17FN2OS. The monoisotopic (exact) mass is 328 g/mol. The minimum absolute atomic E-state index is 0.239. The second-order valence-corrected chi connectivity index (χ2v) is 6.19. The van der Waals surface area contributed by atoms with Crippen molar-refractivity contribution in [2.75, 3.05) is 26.1 Å². The topological polar surface area (TPSA) is 25.4 Å². The third-order valence-electron chi connectivity index (χ3n) is 3.58. The number of rotatable bonds is 4. The summed E-state index contributed by atoms with van der Waals surface area (Å²) in [5.74, 6) is -0.140. The lowest BCUT2D eigenvalue weighted by Gasteiger charge is -2.11. The Hall–Kier alpha value is -2.40. The first-order valence-corrected chi connectivity index (χ1v) is 8.03. The predicted molar refractivity (Wildman–Crippen MR) is 93.8 cm³/mol. The van der Waals surface area contributed by atoms with Gasteiger partial charge in [-0.2, -0.15) is 0 Å². The highest BCUT2D eigenvalue weighted by atomic mass is 32.1. The molecular weight excluding hydrogens is 311 g/mol. The van der Waals surface area contributed by atoms with E-state index in [1.807, 2.05) is 37.7 Å². The molecule has 3 nitrogen and oxygen atoms in total. The maximum Gasteiger partial charge on any atom is 0.165 e. The number of anilines is 1. The zero-order chi connectivity index (χ0) is 16.4. The van der Waals surface area contributed by atoms with Crippen molar-refractivity contribution in [2.24, 2.45) is 0 Å². The largest absolute Gasteiger partial charge is 0.494 e. The Labute approximate surface area is 139 Å². The molecule has 0 amide bonds. The molecule has 2 aromatic carbocycles. The van der Waals surface area contributed by atoms with Crippen molar-refractivity contribution in [3.63, 3.8) is 0 Å². The van der Waals surface area contributed by atoms with Gasteiger partial charge in [-0.1, -0.05) is 0 Å². The summed E-state index contributed by atoms with van der Waals surface area (Å²) >= 11 is 1.55. The molecule has 1 heterocycles. The number of halogens is 1. The molecule has 0 bridgehead atoms. The van der Waals surface area contributed by atoms with E-state index in [4.69, 9.17) is 4.74 Å². The van der Waals surface area contributed by atoms with Gasteiger partial charge in [0, 0.05) is 36.3 Å². The van der Waals surface area contributed by atoms with E-state index < -0.39 is 0 Å². The molecule has 118 valence electrons. The summed E-state index contributed by atoms with van der Waals surface area (Å²) < 4.78 is 18.8. The van der Waals surface area contributed by atoms with Crippen LogP contribution in [0.5, 0.6) is 5.75 Å². The molecule has 0 atom stereocenters. The third kappa shape index (κ3) is 3.19. The summed E-state index contributed by atoms with van der Waals surface area (Å²) in [6, 6.07) is 13.1. The Bertz CT molecular complexity index is 812. The van der Waals surface area contributed by atoms with Crippen LogP contribution < -0.4 is 9.64 Å². The number of thiazole rings is 1. The Morgan fingerprint density at radius 3 is 2.35 bits per heavy atom. The molecule has 0 saturated heterocycles. The molecule has 0 aliphatic carbocycles. The van der Waals surface area contributed by atoms with Gasteiger partial charge in [-0.15, -0.1) is 11.3 Å². The van der Waals surface area contributed by atoms with Crippen LogP contribution in [-0.4, -0.2) is 26.2 Å². The van der Waals surface area contributed by atoms with Crippen LogP contribution in [0.2, 0.25) is 0 Å². The highest BCUT2D eigenvalue weighted by Gasteiger charge is 2.10. The fourth-order valence-corrected chi connectivity index (χ4v) is 3.10. The first kappa shape index (κ1) is 15.5. The normalized spacial score (nSPS) is 10.6. The fourth-order valence-electron chi connectivity index (χ4n) is 2.27. The molecule has 0 saturated carbocycles. The van der Waals surface area contributed by atoms with Crippen molar-refractivity contribution < 1.29 is 9.13 Å². The molecule has 5 heteroatoms. The Morgan fingerprint density at radius 2 is 1.74 bits per heavy atom. The molecule has 0 unspecified atom stereocenters. The van der Waals surface area contributed by atoms with Crippen LogP contribution in [0, 0.1) is 5.82 Å². The van der Waals surface area contributed by atoms with Crippen molar-refractivity contribution in [1.29, 1.82) is 0 Å². The van der Waals surface area contributed by atoms with E-state index in [-0.39, 0.29) is 11.6 Å². The van der Waals surface area contributed by atoms with E-state index >= 15 is 0 Å². The SMILES string of the molecule is COc1ccc(-c2csc(-c3ccc(N(C)C)cc3)n2)cc1F. The maximum atomic E-state index is 13.8. The molecule has 3 aromatic rings. The smallest absolute Gasteiger partial charge is 0.165 e. The second-order valence-electron chi connectivity index (χ2n) is 5.33. The number of hydrogen-bond acceptors (Lipinski definition) is 4. The van der Waals surface area contributed by atoms with E-state index in [9.17, 15) is 4.39 Å². The van der Waals surface area contributed by atoms with E-state index in [1.54, 1.807) is 17.4 Å². The molecule has 23 heavy (non-hydrogen) atoms. The predicted octanol–water partition coefficient (Wildman–Crippen LogP) is 4.69. The fraction of sp³-hybridized carbons (Fsp3) is 0.167. The van der Waals surface area contributed by atoms with Gasteiger partial charge in [-0.25, -0.2) is 9.37 Å². The summed E-state index contributed by atoms with van der Waals surface area (Å²) in [7, 11) is 5.47. The zero-order valence-electron chi connectivity index (χ0n) is 13.2. The van der Waals surface area contributed by atoms with Gasteiger partial charge in [-0.05, 0) is 42.5 Å². The van der Waals surface area contributed by atoms with Crippen molar-refractivity contribution in [1.82, 2.24) is 4.98 Å². The van der Waals surface area contributed by atoms with Gasteiger partial charge in [-0.3, -0.25) is 0 Å². The van der Waals surface area contributed by atoms with Crippen LogP contribution >= 0.6 is 11.3 Å². The van der Waals surface area contributed by atoms with Crippen LogP contribution in [0.15, 0.2) is 47.8 Å². The molecule has 0 N–H and O–H groups in total. The van der Waals surface area contributed by atoms with Gasteiger partial charge < -0.3 is 9.64 Å². The quantitative estimate of drug-likeness (QED) is 0.695. The lowest BCUT2D eigenvalue weighted by atomic mass is 10.1. The second kappa shape index (κ2) is 6.38. The summed E-state index contributed by atoms with van der Waals surface area (Å²) in [5.41, 5.74) is 3.71. The van der Waals surface area contributed by atoms with Crippen molar-refractivity contribution in [3.05, 3.63) is 53.7 Å². The Kier molecular flexibility index (Phi) is 4.30. The average molecular weight is 328 g/mol. The molecule has 1 aromatic heterocycles. The molecule has 0 fully saturated rings. The summed E-state index contributed by atoms with van der Waals surface area (Å²) in [5, 5.41) is 2.86. The lowest BCUT2D eigenvalue weighted by Crippen LogP contribution is -2.07. The van der Waals surface area contributed by atoms with E-state index in [0.29, 0.717) is 0 Å². The Balaban J connectivity index is 1.89. The first-order chi connectivity index (χ1) is 11.1. The van der Waals surface area contributed by atoms with Crippen molar-refractivity contribution >= 4 is 17.0 Å². The number of aromatic nitrogens is 1. The molecule has 3 rings (SSSR count). The molecule has 0 aliphatic rings. The van der Waals surface area contributed by atoms with Crippen molar-refractivity contribution in [3.8, 4) is 27.6 Å². The number of nitrogens with zero attached hydrogens (tertiary/aromatic N) is 2.